The summed E-state index contributed by atoms with van der Waals surface area (Å²) in [4.78, 5) is 38.1. The van der Waals surface area contributed by atoms with Gasteiger partial charge in [-0.05, 0) is 44.9 Å². The van der Waals surface area contributed by atoms with Gasteiger partial charge < -0.3 is 14.2 Å². The number of rotatable bonds is 65. The molecule has 0 aromatic heterocycles. The lowest BCUT2D eigenvalue weighted by atomic mass is 10.0. The van der Waals surface area contributed by atoms with Crippen molar-refractivity contribution in [3.63, 3.8) is 0 Å². The molecule has 1 unspecified atom stereocenters. The van der Waals surface area contributed by atoms with Gasteiger partial charge in [0.1, 0.15) is 13.2 Å². The van der Waals surface area contributed by atoms with Gasteiger partial charge in [-0.2, -0.15) is 0 Å². The lowest BCUT2D eigenvalue weighted by Crippen LogP contribution is -2.30. The number of esters is 3. The van der Waals surface area contributed by atoms with E-state index in [0.717, 1.165) is 57.8 Å². The van der Waals surface area contributed by atoms with Crippen LogP contribution in [-0.2, 0) is 28.6 Å². The van der Waals surface area contributed by atoms with Crippen molar-refractivity contribution in [2.24, 2.45) is 0 Å². The molecular formula is C70H134O6. The zero-order valence-corrected chi connectivity index (χ0v) is 51.8. The van der Waals surface area contributed by atoms with Gasteiger partial charge in [-0.15, -0.1) is 0 Å². The van der Waals surface area contributed by atoms with Crippen LogP contribution in [0.15, 0.2) is 12.2 Å². The fourth-order valence-corrected chi connectivity index (χ4v) is 10.8. The Bertz CT molecular complexity index is 1180. The van der Waals surface area contributed by atoms with Crippen LogP contribution in [0.1, 0.15) is 400 Å². The molecule has 0 saturated heterocycles. The Morgan fingerprint density at radius 1 is 0.250 bits per heavy atom. The van der Waals surface area contributed by atoms with E-state index in [1.54, 1.807) is 0 Å². The molecule has 6 heteroatoms. The molecule has 450 valence electrons. The highest BCUT2D eigenvalue weighted by Gasteiger charge is 2.19. The largest absolute Gasteiger partial charge is 0.462 e. The molecule has 0 aromatic carbocycles. The van der Waals surface area contributed by atoms with Crippen LogP contribution in [0, 0.1) is 0 Å². The molecule has 0 bridgehead atoms. The summed E-state index contributed by atoms with van der Waals surface area (Å²) in [5.41, 5.74) is 0. The van der Waals surface area contributed by atoms with Gasteiger partial charge in [0, 0.05) is 19.3 Å². The number of hydrogen-bond acceptors (Lipinski definition) is 6. The lowest BCUT2D eigenvalue weighted by molar-refractivity contribution is -0.167. The molecule has 0 heterocycles. The Hall–Kier alpha value is -1.85. The molecule has 0 amide bonds. The van der Waals surface area contributed by atoms with Gasteiger partial charge in [-0.1, -0.05) is 348 Å². The summed E-state index contributed by atoms with van der Waals surface area (Å²) >= 11 is 0. The van der Waals surface area contributed by atoms with Crippen molar-refractivity contribution in [2.45, 2.75) is 406 Å². The third-order valence-electron chi connectivity index (χ3n) is 16.0. The van der Waals surface area contributed by atoms with E-state index in [1.807, 2.05) is 0 Å². The van der Waals surface area contributed by atoms with Gasteiger partial charge in [0.2, 0.25) is 0 Å². The van der Waals surface area contributed by atoms with Crippen molar-refractivity contribution >= 4 is 17.9 Å². The van der Waals surface area contributed by atoms with Crippen LogP contribution >= 0.6 is 0 Å². The van der Waals surface area contributed by atoms with Crippen LogP contribution in [0.3, 0.4) is 0 Å². The predicted molar refractivity (Wildman–Crippen MR) is 330 cm³/mol. The fraction of sp³-hybridized carbons (Fsp3) is 0.929. The summed E-state index contributed by atoms with van der Waals surface area (Å²) in [5, 5.41) is 0. The lowest BCUT2D eigenvalue weighted by Gasteiger charge is -2.18. The predicted octanol–water partition coefficient (Wildman–Crippen LogP) is 23.6. The molecule has 0 aromatic rings. The number of carbonyl (C=O) groups excluding carboxylic acids is 3. The molecule has 0 spiro atoms. The van der Waals surface area contributed by atoms with Gasteiger partial charge in [0.15, 0.2) is 6.10 Å². The topological polar surface area (TPSA) is 78.9 Å². The molecule has 0 aliphatic carbocycles. The van der Waals surface area contributed by atoms with Gasteiger partial charge in [0.25, 0.3) is 0 Å². The molecule has 76 heavy (non-hydrogen) atoms. The van der Waals surface area contributed by atoms with Gasteiger partial charge in [0.05, 0.1) is 0 Å². The van der Waals surface area contributed by atoms with Crippen LogP contribution in [0.25, 0.3) is 0 Å². The highest BCUT2D eigenvalue weighted by Crippen LogP contribution is 2.19. The van der Waals surface area contributed by atoms with E-state index in [2.05, 4.69) is 32.9 Å². The maximum Gasteiger partial charge on any atom is 0.306 e. The normalized spacial score (nSPS) is 12.0. The molecule has 0 fully saturated rings. The minimum Gasteiger partial charge on any atom is -0.462 e. The number of unbranched alkanes of at least 4 members (excludes halogenated alkanes) is 52. The van der Waals surface area contributed by atoms with Crippen molar-refractivity contribution in [1.82, 2.24) is 0 Å². The standard InChI is InChI=1S/C70H134O6/c1-4-7-10-13-16-18-20-22-24-26-28-29-30-31-32-33-34-35-36-37-38-39-40-42-43-45-47-49-51-54-57-60-63-69(72)75-66-67(65-74-68(71)62-59-56-53-15-12-9-6-3)76-70(73)64-61-58-55-52-50-48-46-44-41-27-25-23-21-19-17-14-11-8-5-2/h23,25,67H,4-22,24,26-66H2,1-3H3/b25-23-. The number of allylic oxidation sites excluding steroid dienone is 2. The Morgan fingerprint density at radius 3 is 0.658 bits per heavy atom. The summed E-state index contributed by atoms with van der Waals surface area (Å²) in [7, 11) is 0. The van der Waals surface area contributed by atoms with E-state index in [0.29, 0.717) is 19.3 Å². The van der Waals surface area contributed by atoms with Crippen LogP contribution in [0.4, 0.5) is 0 Å². The molecule has 6 nitrogen and oxygen atoms in total. The monoisotopic (exact) mass is 1070 g/mol. The van der Waals surface area contributed by atoms with Gasteiger partial charge in [-0.25, -0.2) is 0 Å². The Morgan fingerprint density at radius 2 is 0.434 bits per heavy atom. The van der Waals surface area contributed by atoms with Crippen molar-refractivity contribution in [1.29, 1.82) is 0 Å². The first-order valence-electron chi connectivity index (χ1n) is 34.7. The van der Waals surface area contributed by atoms with Crippen molar-refractivity contribution in [3.05, 3.63) is 12.2 Å². The molecule has 0 rings (SSSR count). The molecule has 0 radical (unpaired) electrons. The summed E-state index contributed by atoms with van der Waals surface area (Å²) in [6, 6.07) is 0. The Balaban J connectivity index is 3.95. The van der Waals surface area contributed by atoms with E-state index in [-0.39, 0.29) is 31.1 Å². The second-order valence-corrected chi connectivity index (χ2v) is 23.8. The summed E-state index contributed by atoms with van der Waals surface area (Å²) in [5.74, 6) is -0.846. The zero-order chi connectivity index (χ0) is 55.0. The third kappa shape index (κ3) is 63.0. The molecular weight excluding hydrogens is 937 g/mol. The summed E-state index contributed by atoms with van der Waals surface area (Å²) < 4.78 is 16.9. The van der Waals surface area contributed by atoms with E-state index in [9.17, 15) is 14.4 Å². The highest BCUT2D eigenvalue weighted by molar-refractivity contribution is 5.71. The minimum absolute atomic E-state index is 0.0651. The quantitative estimate of drug-likeness (QED) is 0.0261. The number of hydrogen-bond donors (Lipinski definition) is 0. The Kier molecular flexibility index (Phi) is 64.1. The first-order valence-corrected chi connectivity index (χ1v) is 34.7. The van der Waals surface area contributed by atoms with Crippen molar-refractivity contribution in [3.8, 4) is 0 Å². The molecule has 0 N–H and O–H groups in total. The van der Waals surface area contributed by atoms with Gasteiger partial charge in [-0.3, -0.25) is 14.4 Å². The van der Waals surface area contributed by atoms with E-state index >= 15 is 0 Å². The Labute approximate surface area is 475 Å². The third-order valence-corrected chi connectivity index (χ3v) is 16.0. The van der Waals surface area contributed by atoms with Crippen LogP contribution in [0.2, 0.25) is 0 Å². The summed E-state index contributed by atoms with van der Waals surface area (Å²) in [6.07, 6.45) is 78.5. The summed E-state index contributed by atoms with van der Waals surface area (Å²) in [6.45, 7) is 6.67. The van der Waals surface area contributed by atoms with E-state index in [1.165, 1.54) is 302 Å². The fourth-order valence-electron chi connectivity index (χ4n) is 10.8. The highest BCUT2D eigenvalue weighted by atomic mass is 16.6. The first kappa shape index (κ1) is 74.2. The average molecular weight is 1070 g/mol. The molecule has 1 atom stereocenters. The smallest absolute Gasteiger partial charge is 0.306 e. The molecule has 0 aliphatic heterocycles. The van der Waals surface area contributed by atoms with E-state index < -0.39 is 6.10 Å². The first-order chi connectivity index (χ1) is 37.5. The van der Waals surface area contributed by atoms with Crippen molar-refractivity contribution in [2.75, 3.05) is 13.2 Å². The number of ether oxygens (including phenoxy) is 3. The second-order valence-electron chi connectivity index (χ2n) is 23.8. The second kappa shape index (κ2) is 65.7. The van der Waals surface area contributed by atoms with Gasteiger partial charge >= 0.3 is 17.9 Å². The molecule has 0 saturated carbocycles. The molecule has 0 aliphatic rings. The van der Waals surface area contributed by atoms with Crippen LogP contribution in [0.5, 0.6) is 0 Å². The zero-order valence-electron chi connectivity index (χ0n) is 51.8. The maximum absolute atomic E-state index is 12.9. The van der Waals surface area contributed by atoms with Crippen LogP contribution < -0.4 is 0 Å². The SMILES string of the molecule is CCCCCCCC/C=C\CCCCCCCCCCCC(=O)OC(COC(=O)CCCCCCCCC)COC(=O)CCCCCCCCCCCCCCCCCCCCCCCCCCCCCCCCCC. The minimum atomic E-state index is -0.765. The number of carbonyl (C=O) groups is 3. The van der Waals surface area contributed by atoms with Crippen molar-refractivity contribution < 1.29 is 28.6 Å². The maximum atomic E-state index is 12.9. The van der Waals surface area contributed by atoms with Crippen LogP contribution in [-0.4, -0.2) is 37.2 Å². The van der Waals surface area contributed by atoms with E-state index in [4.69, 9.17) is 14.2 Å². The average Bonchev–Trinajstić information content (AvgIpc) is 3.42.